The van der Waals surface area contributed by atoms with E-state index >= 15 is 0 Å². The van der Waals surface area contributed by atoms with Gasteiger partial charge in [-0.3, -0.25) is 9.48 Å². The van der Waals surface area contributed by atoms with Gasteiger partial charge in [0.1, 0.15) is 17.1 Å². The summed E-state index contributed by atoms with van der Waals surface area (Å²) in [5, 5.41) is 8.67. The number of fused-ring (bicyclic) bond motifs is 1. The minimum atomic E-state index is 0.160. The van der Waals surface area contributed by atoms with Crippen LogP contribution < -0.4 is 0 Å². The van der Waals surface area contributed by atoms with Crippen LogP contribution in [-0.4, -0.2) is 30.7 Å². The zero-order valence-electron chi connectivity index (χ0n) is 11.2. The van der Waals surface area contributed by atoms with Crippen LogP contribution in [-0.2, 0) is 0 Å². The van der Waals surface area contributed by atoms with E-state index in [2.05, 4.69) is 31.1 Å². The Labute approximate surface area is 122 Å². The van der Waals surface area contributed by atoms with Crippen molar-refractivity contribution in [3.8, 4) is 11.4 Å². The molecule has 3 aromatic rings. The molecule has 0 saturated heterocycles. The Morgan fingerprint density at radius 1 is 1.40 bits per heavy atom. The summed E-state index contributed by atoms with van der Waals surface area (Å²) < 4.78 is 9.24. The maximum Gasteiger partial charge on any atom is 0.326 e. The van der Waals surface area contributed by atoms with Gasteiger partial charge >= 0.3 is 5.84 Å². The molecule has 0 unspecified atom stereocenters. The molecule has 0 spiro atoms. The summed E-state index contributed by atoms with van der Waals surface area (Å²) in [7, 11) is 0. The van der Waals surface area contributed by atoms with Crippen molar-refractivity contribution in [1.29, 1.82) is 0 Å². The fraction of sp³-hybridized carbons (Fsp3) is 0.333. The molecule has 3 aromatic heterocycles. The topological polar surface area (TPSA) is 78.2 Å². The Hall–Kier alpha value is -1.96. The number of hydrogen-bond donors (Lipinski definition) is 0. The van der Waals surface area contributed by atoms with Crippen LogP contribution in [0.25, 0.3) is 17.2 Å². The lowest BCUT2D eigenvalue weighted by Gasteiger charge is -2.03. The molecule has 0 aliphatic carbocycles. The molecule has 8 heteroatoms. The first-order valence-corrected chi connectivity index (χ1v) is 6.87. The van der Waals surface area contributed by atoms with Crippen molar-refractivity contribution >= 4 is 28.1 Å². The van der Waals surface area contributed by atoms with Crippen LogP contribution >= 0.6 is 15.9 Å². The van der Waals surface area contributed by atoms with Gasteiger partial charge in [-0.25, -0.2) is 0 Å². The van der Waals surface area contributed by atoms with Crippen molar-refractivity contribution in [1.82, 2.24) is 24.4 Å². The maximum atomic E-state index is 11.3. The van der Waals surface area contributed by atoms with Crippen molar-refractivity contribution in [3.05, 3.63) is 22.3 Å². The summed E-state index contributed by atoms with van der Waals surface area (Å²) >= 11 is 3.20. The van der Waals surface area contributed by atoms with Crippen LogP contribution in [0.4, 0.5) is 0 Å². The second-order valence-electron chi connectivity index (χ2n) is 4.71. The minimum Gasteiger partial charge on any atom is -0.427 e. The van der Waals surface area contributed by atoms with E-state index < -0.39 is 0 Å². The second-order valence-corrected chi connectivity index (χ2v) is 5.42. The molecule has 0 aliphatic rings. The van der Waals surface area contributed by atoms with Gasteiger partial charge in [0.15, 0.2) is 6.29 Å². The van der Waals surface area contributed by atoms with Crippen molar-refractivity contribution < 1.29 is 9.21 Å². The number of oxazole rings is 1. The van der Waals surface area contributed by atoms with Crippen LogP contribution in [0.1, 0.15) is 36.0 Å². The molecule has 0 bridgehead atoms. The van der Waals surface area contributed by atoms with Gasteiger partial charge in [0.25, 0.3) is 0 Å². The van der Waals surface area contributed by atoms with Crippen LogP contribution in [0.2, 0.25) is 0 Å². The number of carbonyl (C=O) groups is 1. The third-order valence-corrected chi connectivity index (χ3v) is 3.32. The predicted molar refractivity (Wildman–Crippen MR) is 74.7 cm³/mol. The van der Waals surface area contributed by atoms with Crippen molar-refractivity contribution in [2.75, 3.05) is 0 Å². The smallest absolute Gasteiger partial charge is 0.326 e. The molecule has 0 N–H and O–H groups in total. The van der Waals surface area contributed by atoms with E-state index in [9.17, 15) is 4.79 Å². The van der Waals surface area contributed by atoms with Crippen LogP contribution in [0.15, 0.2) is 15.3 Å². The summed E-state index contributed by atoms with van der Waals surface area (Å²) in [6.07, 6.45) is 2.50. The fourth-order valence-electron chi connectivity index (χ4n) is 2.03. The summed E-state index contributed by atoms with van der Waals surface area (Å²) in [4.78, 5) is 15.4. The SMILES string of the molecule is Cc1oc2nc(Br)nn2c1-c1nn(C(C)C)cc1C=O. The molecule has 0 radical (unpaired) electrons. The number of aryl methyl sites for hydroxylation is 1. The lowest BCUT2D eigenvalue weighted by molar-refractivity contribution is 0.112. The molecule has 7 nitrogen and oxygen atoms in total. The first-order chi connectivity index (χ1) is 9.51. The highest BCUT2D eigenvalue weighted by Gasteiger charge is 2.22. The predicted octanol–water partition coefficient (Wildman–Crippen LogP) is 2.65. The first kappa shape index (κ1) is 13.0. The van der Waals surface area contributed by atoms with Gasteiger partial charge in [-0.2, -0.15) is 14.6 Å². The molecule has 0 atom stereocenters. The Balaban J connectivity index is 2.29. The third-order valence-electron chi connectivity index (χ3n) is 2.98. The molecule has 104 valence electrons. The van der Waals surface area contributed by atoms with E-state index in [1.807, 2.05) is 13.8 Å². The normalized spacial score (nSPS) is 11.7. The van der Waals surface area contributed by atoms with E-state index in [-0.39, 0.29) is 6.04 Å². The number of hydrogen-bond acceptors (Lipinski definition) is 5. The summed E-state index contributed by atoms with van der Waals surface area (Å²) in [6, 6.07) is 0.160. The number of carbonyl (C=O) groups excluding carboxylic acids is 1. The molecule has 0 amide bonds. The monoisotopic (exact) mass is 337 g/mol. The van der Waals surface area contributed by atoms with Crippen molar-refractivity contribution in [2.45, 2.75) is 26.8 Å². The van der Waals surface area contributed by atoms with E-state index in [0.29, 0.717) is 33.3 Å². The fourth-order valence-corrected chi connectivity index (χ4v) is 2.34. The highest BCUT2D eigenvalue weighted by atomic mass is 79.9. The van der Waals surface area contributed by atoms with Crippen molar-refractivity contribution in [2.24, 2.45) is 0 Å². The summed E-state index contributed by atoms with van der Waals surface area (Å²) in [5.74, 6) is 0.977. The van der Waals surface area contributed by atoms with Crippen LogP contribution in [0.3, 0.4) is 0 Å². The molecule has 0 saturated carbocycles. The second kappa shape index (κ2) is 4.55. The maximum absolute atomic E-state index is 11.3. The van der Waals surface area contributed by atoms with Crippen molar-refractivity contribution in [3.63, 3.8) is 0 Å². The molecule has 0 aliphatic heterocycles. The molecular weight excluding hydrogens is 326 g/mol. The zero-order chi connectivity index (χ0) is 14.4. The van der Waals surface area contributed by atoms with Gasteiger partial charge in [0.05, 0.1) is 5.56 Å². The van der Waals surface area contributed by atoms with Gasteiger partial charge in [-0.15, -0.1) is 5.10 Å². The van der Waals surface area contributed by atoms with Gasteiger partial charge in [-0.1, -0.05) is 0 Å². The quantitative estimate of drug-likeness (QED) is 0.686. The molecule has 3 heterocycles. The number of halogens is 1. The van der Waals surface area contributed by atoms with Crippen LogP contribution in [0, 0.1) is 6.92 Å². The first-order valence-electron chi connectivity index (χ1n) is 6.07. The molecular formula is C12H12BrN5O2. The van der Waals surface area contributed by atoms with E-state index in [1.165, 1.54) is 0 Å². The number of rotatable bonds is 3. The van der Waals surface area contributed by atoms with E-state index in [4.69, 9.17) is 4.42 Å². The average Bonchev–Trinajstić information content (AvgIpc) is 3.00. The van der Waals surface area contributed by atoms with Gasteiger partial charge in [-0.05, 0) is 36.7 Å². The number of nitrogens with zero attached hydrogens (tertiary/aromatic N) is 5. The van der Waals surface area contributed by atoms with Crippen LogP contribution in [0.5, 0.6) is 0 Å². The lowest BCUT2D eigenvalue weighted by Crippen LogP contribution is -2.01. The molecule has 3 rings (SSSR count). The average molecular weight is 338 g/mol. The lowest BCUT2D eigenvalue weighted by atomic mass is 10.2. The molecule has 20 heavy (non-hydrogen) atoms. The standard InChI is InChI=1S/C12H12BrN5O2/c1-6(2)17-4-8(5-19)9(15-17)10-7(3)20-12-14-11(13)16-18(10)12/h4-6H,1-3H3. The van der Waals surface area contributed by atoms with Gasteiger partial charge in [0, 0.05) is 12.2 Å². The highest BCUT2D eigenvalue weighted by molar-refractivity contribution is 9.10. The Morgan fingerprint density at radius 3 is 2.80 bits per heavy atom. The highest BCUT2D eigenvalue weighted by Crippen LogP contribution is 2.28. The molecule has 0 aromatic carbocycles. The molecule has 0 fully saturated rings. The zero-order valence-corrected chi connectivity index (χ0v) is 12.7. The van der Waals surface area contributed by atoms with E-state index in [0.717, 1.165) is 6.29 Å². The Kier molecular flexibility index (Phi) is 2.97. The third kappa shape index (κ3) is 1.87. The summed E-state index contributed by atoms with van der Waals surface area (Å²) in [5.41, 5.74) is 1.68. The Morgan fingerprint density at radius 2 is 2.15 bits per heavy atom. The number of aromatic nitrogens is 5. The van der Waals surface area contributed by atoms with E-state index in [1.54, 1.807) is 22.3 Å². The number of aldehydes is 1. The minimum absolute atomic E-state index is 0.160. The largest absolute Gasteiger partial charge is 0.427 e. The van der Waals surface area contributed by atoms with Gasteiger partial charge in [0.2, 0.25) is 4.73 Å². The van der Waals surface area contributed by atoms with Gasteiger partial charge < -0.3 is 4.42 Å². The summed E-state index contributed by atoms with van der Waals surface area (Å²) in [6.45, 7) is 5.78. The Bertz CT molecular complexity index is 798.